The van der Waals surface area contributed by atoms with Gasteiger partial charge in [-0.1, -0.05) is 27.7 Å². The highest BCUT2D eigenvalue weighted by Crippen LogP contribution is 2.31. The minimum atomic E-state index is -0.0143. The molecule has 0 spiro atoms. The second kappa shape index (κ2) is 6.05. The van der Waals surface area contributed by atoms with Crippen molar-refractivity contribution >= 4 is 5.91 Å². The van der Waals surface area contributed by atoms with Crippen molar-refractivity contribution in [2.24, 2.45) is 17.1 Å². The lowest BCUT2D eigenvalue weighted by molar-refractivity contribution is -0.139. The zero-order chi connectivity index (χ0) is 13.9. The van der Waals surface area contributed by atoms with Crippen LogP contribution in [-0.2, 0) is 4.79 Å². The van der Waals surface area contributed by atoms with Crippen LogP contribution in [0.4, 0.5) is 0 Å². The summed E-state index contributed by atoms with van der Waals surface area (Å²) in [5.41, 5.74) is 5.99. The van der Waals surface area contributed by atoms with Crippen LogP contribution in [0.2, 0.25) is 0 Å². The Bertz CT molecular complexity index is 283. The van der Waals surface area contributed by atoms with Crippen molar-refractivity contribution in [3.63, 3.8) is 0 Å². The van der Waals surface area contributed by atoms with Crippen LogP contribution < -0.4 is 5.73 Å². The molecule has 18 heavy (non-hydrogen) atoms. The summed E-state index contributed by atoms with van der Waals surface area (Å²) in [5.74, 6) is 0.267. The van der Waals surface area contributed by atoms with Crippen LogP contribution in [0.5, 0.6) is 0 Å². The molecule has 106 valence electrons. The molecule has 1 rings (SSSR count). The highest BCUT2D eigenvalue weighted by atomic mass is 16.2. The van der Waals surface area contributed by atoms with Gasteiger partial charge in [0.15, 0.2) is 0 Å². The number of nitrogens with zero attached hydrogens (tertiary/aromatic N) is 1. The van der Waals surface area contributed by atoms with E-state index in [1.165, 1.54) is 0 Å². The maximum Gasteiger partial charge on any atom is 0.227 e. The molecular weight excluding hydrogens is 224 g/mol. The van der Waals surface area contributed by atoms with Gasteiger partial charge in [-0.2, -0.15) is 0 Å². The molecule has 0 aliphatic carbocycles. The number of carbonyl (C=O) groups excluding carboxylic acids is 1. The van der Waals surface area contributed by atoms with Gasteiger partial charge in [-0.3, -0.25) is 4.79 Å². The fourth-order valence-corrected chi connectivity index (χ4v) is 3.09. The lowest BCUT2D eigenvalue weighted by Gasteiger charge is -2.33. The van der Waals surface area contributed by atoms with Gasteiger partial charge in [-0.15, -0.1) is 0 Å². The average molecular weight is 254 g/mol. The quantitative estimate of drug-likeness (QED) is 0.838. The van der Waals surface area contributed by atoms with Crippen molar-refractivity contribution in [2.45, 2.75) is 72.4 Å². The Labute approximate surface area is 112 Å². The van der Waals surface area contributed by atoms with Crippen LogP contribution in [0.3, 0.4) is 0 Å². The number of hydrogen-bond donors (Lipinski definition) is 1. The molecule has 0 saturated carbocycles. The zero-order valence-corrected chi connectivity index (χ0v) is 12.7. The number of hydrogen-bond acceptors (Lipinski definition) is 2. The van der Waals surface area contributed by atoms with E-state index in [0.29, 0.717) is 18.6 Å². The highest BCUT2D eigenvalue weighted by Gasteiger charge is 2.37. The monoisotopic (exact) mass is 254 g/mol. The summed E-state index contributed by atoms with van der Waals surface area (Å²) in [6, 6.07) is 0.818. The Morgan fingerprint density at radius 2 is 2.00 bits per heavy atom. The van der Waals surface area contributed by atoms with E-state index in [2.05, 4.69) is 39.5 Å². The summed E-state index contributed by atoms with van der Waals surface area (Å²) in [6.07, 6.45) is 4.22. The summed E-state index contributed by atoms with van der Waals surface area (Å²) in [5, 5.41) is 0. The Kier molecular flexibility index (Phi) is 5.20. The van der Waals surface area contributed by atoms with E-state index in [9.17, 15) is 4.79 Å². The van der Waals surface area contributed by atoms with E-state index in [4.69, 9.17) is 5.73 Å². The zero-order valence-electron chi connectivity index (χ0n) is 12.7. The summed E-state index contributed by atoms with van der Waals surface area (Å²) in [4.78, 5) is 14.8. The molecule has 1 aliphatic rings. The second-order valence-corrected chi connectivity index (χ2v) is 6.93. The number of carbonyl (C=O) groups is 1. The molecule has 3 nitrogen and oxygen atoms in total. The van der Waals surface area contributed by atoms with Crippen molar-refractivity contribution in [1.29, 1.82) is 0 Å². The Morgan fingerprint density at radius 1 is 1.39 bits per heavy atom. The van der Waals surface area contributed by atoms with Crippen molar-refractivity contribution in [2.75, 3.05) is 6.54 Å². The van der Waals surface area contributed by atoms with Crippen LogP contribution in [0.1, 0.15) is 60.3 Å². The number of likely N-dealkylation sites (tertiary alicyclic amines) is 1. The molecule has 3 atom stereocenters. The standard InChI is InChI=1S/C15H30N2O/c1-6-13-8-7-11(2)17(13)14(18)12(10-16)9-15(3,4)5/h11-13H,6-10,16H2,1-5H3. The Morgan fingerprint density at radius 3 is 2.44 bits per heavy atom. The number of amides is 1. The van der Waals surface area contributed by atoms with Gasteiger partial charge in [0.05, 0.1) is 5.92 Å². The average Bonchev–Trinajstić information content (AvgIpc) is 2.65. The van der Waals surface area contributed by atoms with Crippen LogP contribution in [0.25, 0.3) is 0 Å². The molecule has 0 aromatic carbocycles. The third-order valence-corrected chi connectivity index (χ3v) is 4.00. The normalized spacial score (nSPS) is 26.4. The molecule has 1 aliphatic heterocycles. The molecule has 0 bridgehead atoms. The minimum absolute atomic E-state index is 0.0143. The van der Waals surface area contributed by atoms with Crippen molar-refractivity contribution < 1.29 is 4.79 Å². The molecule has 1 amide bonds. The van der Waals surface area contributed by atoms with E-state index in [1.807, 2.05) is 0 Å². The van der Waals surface area contributed by atoms with Gasteiger partial charge in [0.2, 0.25) is 5.91 Å². The van der Waals surface area contributed by atoms with Gasteiger partial charge < -0.3 is 10.6 Å². The van der Waals surface area contributed by atoms with Crippen LogP contribution in [-0.4, -0.2) is 29.4 Å². The molecule has 1 saturated heterocycles. The van der Waals surface area contributed by atoms with Gasteiger partial charge in [-0.05, 0) is 38.0 Å². The van der Waals surface area contributed by atoms with Crippen molar-refractivity contribution in [3.8, 4) is 0 Å². The highest BCUT2D eigenvalue weighted by molar-refractivity contribution is 5.80. The SMILES string of the molecule is CCC1CCC(C)N1C(=O)C(CN)CC(C)(C)C. The fraction of sp³-hybridized carbons (Fsp3) is 0.933. The van der Waals surface area contributed by atoms with Crippen LogP contribution >= 0.6 is 0 Å². The smallest absolute Gasteiger partial charge is 0.227 e. The van der Waals surface area contributed by atoms with Crippen LogP contribution in [0, 0.1) is 11.3 Å². The van der Waals surface area contributed by atoms with E-state index >= 15 is 0 Å². The van der Waals surface area contributed by atoms with Crippen LogP contribution in [0.15, 0.2) is 0 Å². The third kappa shape index (κ3) is 3.71. The van der Waals surface area contributed by atoms with E-state index in [1.54, 1.807) is 0 Å². The van der Waals surface area contributed by atoms with E-state index < -0.39 is 0 Å². The largest absolute Gasteiger partial charge is 0.337 e. The lowest BCUT2D eigenvalue weighted by atomic mass is 9.84. The molecule has 3 heteroatoms. The van der Waals surface area contributed by atoms with Gasteiger partial charge in [0.1, 0.15) is 0 Å². The summed E-state index contributed by atoms with van der Waals surface area (Å²) < 4.78 is 0. The molecule has 2 N–H and O–H groups in total. The second-order valence-electron chi connectivity index (χ2n) is 6.93. The predicted molar refractivity (Wildman–Crippen MR) is 76.2 cm³/mol. The molecule has 1 heterocycles. The first kappa shape index (κ1) is 15.5. The Balaban J connectivity index is 2.76. The summed E-state index contributed by atoms with van der Waals surface area (Å²) in [7, 11) is 0. The van der Waals surface area contributed by atoms with Gasteiger partial charge in [0, 0.05) is 18.6 Å². The first-order valence-electron chi connectivity index (χ1n) is 7.32. The number of rotatable bonds is 4. The molecule has 3 unspecified atom stereocenters. The van der Waals surface area contributed by atoms with Crippen molar-refractivity contribution in [1.82, 2.24) is 4.90 Å². The molecule has 1 fully saturated rings. The fourth-order valence-electron chi connectivity index (χ4n) is 3.09. The maximum atomic E-state index is 12.7. The predicted octanol–water partition coefficient (Wildman–Crippen LogP) is 2.79. The first-order chi connectivity index (χ1) is 8.30. The summed E-state index contributed by atoms with van der Waals surface area (Å²) in [6.45, 7) is 11.3. The molecule has 0 radical (unpaired) electrons. The maximum absolute atomic E-state index is 12.7. The van der Waals surface area contributed by atoms with E-state index in [-0.39, 0.29) is 17.2 Å². The minimum Gasteiger partial charge on any atom is -0.337 e. The van der Waals surface area contributed by atoms with Gasteiger partial charge in [0.25, 0.3) is 0 Å². The van der Waals surface area contributed by atoms with Crippen molar-refractivity contribution in [3.05, 3.63) is 0 Å². The first-order valence-corrected chi connectivity index (χ1v) is 7.32. The molecule has 0 aromatic rings. The van der Waals surface area contributed by atoms with E-state index in [0.717, 1.165) is 25.7 Å². The topological polar surface area (TPSA) is 46.3 Å². The lowest BCUT2D eigenvalue weighted by Crippen LogP contribution is -2.46. The summed E-state index contributed by atoms with van der Waals surface area (Å²) >= 11 is 0. The van der Waals surface area contributed by atoms with Gasteiger partial charge >= 0.3 is 0 Å². The van der Waals surface area contributed by atoms with Gasteiger partial charge in [-0.25, -0.2) is 0 Å². The third-order valence-electron chi connectivity index (χ3n) is 4.00. The molecule has 0 aromatic heterocycles. The Hall–Kier alpha value is -0.570. The number of nitrogens with two attached hydrogens (primary N) is 1. The molecular formula is C15H30N2O.